The predicted molar refractivity (Wildman–Crippen MR) is 96.7 cm³/mol. The van der Waals surface area contributed by atoms with Crippen LogP contribution in [0.3, 0.4) is 0 Å². The first-order chi connectivity index (χ1) is 8.69. The van der Waals surface area contributed by atoms with Gasteiger partial charge in [0.15, 0.2) is 5.96 Å². The molecule has 1 aromatic heterocycles. The summed E-state index contributed by atoms with van der Waals surface area (Å²) in [5.74, 6) is 2.04. The minimum absolute atomic E-state index is 0. The minimum Gasteiger partial charge on any atom is -0.357 e. The number of rotatable bonds is 6. The monoisotopic (exact) mass is 396 g/mol. The highest BCUT2D eigenvalue weighted by molar-refractivity contribution is 14.0. The van der Waals surface area contributed by atoms with Crippen LogP contribution in [0.15, 0.2) is 23.3 Å². The van der Waals surface area contributed by atoms with Crippen LogP contribution in [-0.4, -0.2) is 47.6 Å². The zero-order valence-electron chi connectivity index (χ0n) is 12.2. The molecule has 0 aliphatic carbocycles. The zero-order chi connectivity index (χ0) is 13.4. The van der Waals surface area contributed by atoms with Crippen molar-refractivity contribution < 1.29 is 0 Å². The lowest BCUT2D eigenvalue weighted by molar-refractivity contribution is 0.462. The highest BCUT2D eigenvalue weighted by atomic mass is 127. The van der Waals surface area contributed by atoms with Gasteiger partial charge in [-0.05, 0) is 25.3 Å². The number of hydrogen-bond donors (Lipinski definition) is 1. The molecule has 0 unspecified atom stereocenters. The highest BCUT2D eigenvalue weighted by Gasteiger charge is 2.07. The number of guanidine groups is 1. The summed E-state index contributed by atoms with van der Waals surface area (Å²) in [5, 5.41) is 3.33. The Kier molecular flexibility index (Phi) is 10.2. The molecule has 1 heterocycles. The molecule has 110 valence electrons. The molecule has 1 rings (SSSR count). The summed E-state index contributed by atoms with van der Waals surface area (Å²) in [6.45, 7) is 4.73. The summed E-state index contributed by atoms with van der Waals surface area (Å²) in [4.78, 5) is 6.78. The van der Waals surface area contributed by atoms with Crippen molar-refractivity contribution in [1.29, 1.82) is 0 Å². The number of aliphatic imine (C=N–C) groups is 1. The van der Waals surface area contributed by atoms with Crippen molar-refractivity contribution in [2.24, 2.45) is 12.0 Å². The molecule has 0 spiro atoms. The van der Waals surface area contributed by atoms with Gasteiger partial charge in [0.05, 0.1) is 13.1 Å². The lowest BCUT2D eigenvalue weighted by atomic mass is 10.4. The van der Waals surface area contributed by atoms with Crippen LogP contribution in [0.2, 0.25) is 0 Å². The standard InChI is InChI=1S/C13H24N4S.HI/c1-5-14-13(15-8-10-18-4)17(3)11-12-7-6-9-16(12)2;/h6-7,9H,5,8,10-11H2,1-4H3,(H,14,15);1H. The molecule has 6 heteroatoms. The molecule has 19 heavy (non-hydrogen) atoms. The van der Waals surface area contributed by atoms with Gasteiger partial charge in [0.25, 0.3) is 0 Å². The Morgan fingerprint density at radius 3 is 2.79 bits per heavy atom. The Bertz CT molecular complexity index is 378. The second kappa shape index (κ2) is 10.4. The van der Waals surface area contributed by atoms with Gasteiger partial charge in [-0.1, -0.05) is 0 Å². The number of nitrogens with one attached hydrogen (secondary N) is 1. The van der Waals surface area contributed by atoms with Gasteiger partial charge in [0.2, 0.25) is 0 Å². The Hall–Kier alpha value is -0.370. The van der Waals surface area contributed by atoms with Crippen LogP contribution in [0.4, 0.5) is 0 Å². The van der Waals surface area contributed by atoms with Crippen molar-refractivity contribution >= 4 is 41.7 Å². The van der Waals surface area contributed by atoms with E-state index in [1.807, 2.05) is 11.8 Å². The second-order valence-electron chi connectivity index (χ2n) is 4.19. The summed E-state index contributed by atoms with van der Waals surface area (Å²) >= 11 is 1.82. The first kappa shape index (κ1) is 18.6. The SMILES string of the molecule is CCNC(=NCCSC)N(C)Cc1cccn1C.I. The quantitative estimate of drug-likeness (QED) is 0.347. The van der Waals surface area contributed by atoms with Gasteiger partial charge in [-0.3, -0.25) is 4.99 Å². The van der Waals surface area contributed by atoms with Crippen LogP contribution in [0.25, 0.3) is 0 Å². The van der Waals surface area contributed by atoms with Crippen molar-refractivity contribution in [3.8, 4) is 0 Å². The molecule has 0 aliphatic heterocycles. The molecule has 4 nitrogen and oxygen atoms in total. The van der Waals surface area contributed by atoms with E-state index in [0.29, 0.717) is 0 Å². The highest BCUT2D eigenvalue weighted by Crippen LogP contribution is 2.04. The Labute approximate surface area is 138 Å². The molecule has 0 bridgehead atoms. The molecular weight excluding hydrogens is 371 g/mol. The molecule has 0 fully saturated rings. The maximum atomic E-state index is 4.61. The summed E-state index contributed by atoms with van der Waals surface area (Å²) in [5.41, 5.74) is 1.29. The normalized spacial score (nSPS) is 11.1. The zero-order valence-corrected chi connectivity index (χ0v) is 15.4. The maximum absolute atomic E-state index is 4.61. The van der Waals surface area contributed by atoms with Gasteiger partial charge >= 0.3 is 0 Å². The summed E-state index contributed by atoms with van der Waals surface area (Å²) in [6, 6.07) is 4.21. The predicted octanol–water partition coefficient (Wildman–Crippen LogP) is 2.40. The van der Waals surface area contributed by atoms with Crippen molar-refractivity contribution in [3.05, 3.63) is 24.0 Å². The molecule has 0 aliphatic rings. The molecule has 0 radical (unpaired) electrons. The molecule has 1 N–H and O–H groups in total. The molecule has 0 amide bonds. The number of aromatic nitrogens is 1. The molecule has 0 saturated heterocycles. The topological polar surface area (TPSA) is 32.6 Å². The van der Waals surface area contributed by atoms with Crippen LogP contribution in [-0.2, 0) is 13.6 Å². The molecule has 1 aromatic rings. The molecular formula is C13H25IN4S. The van der Waals surface area contributed by atoms with E-state index >= 15 is 0 Å². The lowest BCUT2D eigenvalue weighted by Gasteiger charge is -2.22. The number of halogens is 1. The maximum Gasteiger partial charge on any atom is 0.194 e. The third-order valence-corrected chi connectivity index (χ3v) is 3.29. The van der Waals surface area contributed by atoms with E-state index in [2.05, 4.69) is 65.4 Å². The van der Waals surface area contributed by atoms with Gasteiger partial charge < -0.3 is 14.8 Å². The van der Waals surface area contributed by atoms with Crippen molar-refractivity contribution in [2.75, 3.05) is 32.1 Å². The van der Waals surface area contributed by atoms with E-state index < -0.39 is 0 Å². The number of hydrogen-bond acceptors (Lipinski definition) is 2. The third kappa shape index (κ3) is 6.56. The van der Waals surface area contributed by atoms with Crippen LogP contribution < -0.4 is 5.32 Å². The van der Waals surface area contributed by atoms with E-state index in [4.69, 9.17) is 0 Å². The van der Waals surface area contributed by atoms with E-state index in [0.717, 1.165) is 31.3 Å². The average molecular weight is 396 g/mol. The summed E-state index contributed by atoms with van der Waals surface area (Å²) in [6.07, 6.45) is 4.18. The van der Waals surface area contributed by atoms with E-state index in [-0.39, 0.29) is 24.0 Å². The summed E-state index contributed by atoms with van der Waals surface area (Å²) in [7, 11) is 4.15. The van der Waals surface area contributed by atoms with Crippen molar-refractivity contribution in [1.82, 2.24) is 14.8 Å². The van der Waals surface area contributed by atoms with Gasteiger partial charge in [0.1, 0.15) is 0 Å². The van der Waals surface area contributed by atoms with Crippen molar-refractivity contribution in [3.63, 3.8) is 0 Å². The fourth-order valence-corrected chi connectivity index (χ4v) is 1.97. The van der Waals surface area contributed by atoms with Gasteiger partial charge in [-0.15, -0.1) is 24.0 Å². The lowest BCUT2D eigenvalue weighted by Crippen LogP contribution is -2.39. The van der Waals surface area contributed by atoms with Crippen LogP contribution in [0.5, 0.6) is 0 Å². The number of nitrogens with zero attached hydrogens (tertiary/aromatic N) is 3. The van der Waals surface area contributed by atoms with Crippen molar-refractivity contribution in [2.45, 2.75) is 13.5 Å². The number of thioether (sulfide) groups is 1. The largest absolute Gasteiger partial charge is 0.357 e. The average Bonchev–Trinajstić information content (AvgIpc) is 2.74. The fraction of sp³-hybridized carbons (Fsp3) is 0.615. The first-order valence-corrected chi connectivity index (χ1v) is 7.67. The Morgan fingerprint density at radius 1 is 1.53 bits per heavy atom. The Balaban J connectivity index is 0.00000324. The molecule has 0 atom stereocenters. The minimum atomic E-state index is 0. The third-order valence-electron chi connectivity index (χ3n) is 2.70. The van der Waals surface area contributed by atoms with Crippen LogP contribution in [0, 0.1) is 0 Å². The van der Waals surface area contributed by atoms with Gasteiger partial charge in [-0.2, -0.15) is 11.8 Å². The molecule has 0 aromatic carbocycles. The second-order valence-corrected chi connectivity index (χ2v) is 5.18. The first-order valence-electron chi connectivity index (χ1n) is 6.27. The van der Waals surface area contributed by atoms with Gasteiger partial charge in [-0.25, -0.2) is 0 Å². The smallest absolute Gasteiger partial charge is 0.194 e. The fourth-order valence-electron chi connectivity index (χ4n) is 1.69. The number of aryl methyl sites for hydroxylation is 1. The van der Waals surface area contributed by atoms with Crippen LogP contribution in [0.1, 0.15) is 12.6 Å². The Morgan fingerprint density at radius 2 is 2.26 bits per heavy atom. The van der Waals surface area contributed by atoms with E-state index in [9.17, 15) is 0 Å². The van der Waals surface area contributed by atoms with Gasteiger partial charge in [0, 0.05) is 38.3 Å². The van der Waals surface area contributed by atoms with Crippen LogP contribution >= 0.6 is 35.7 Å². The van der Waals surface area contributed by atoms with E-state index in [1.165, 1.54) is 5.69 Å². The summed E-state index contributed by atoms with van der Waals surface area (Å²) < 4.78 is 2.14. The van der Waals surface area contributed by atoms with E-state index in [1.54, 1.807) is 0 Å². The molecule has 0 saturated carbocycles.